The van der Waals surface area contributed by atoms with Crippen LogP contribution in [0.3, 0.4) is 0 Å². The van der Waals surface area contributed by atoms with Crippen molar-refractivity contribution in [2.24, 2.45) is 28.1 Å². The molecule has 0 heterocycles. The van der Waals surface area contributed by atoms with E-state index in [2.05, 4.69) is 20.9 Å². The van der Waals surface area contributed by atoms with Crippen LogP contribution in [0.5, 0.6) is 0 Å². The van der Waals surface area contributed by atoms with Crippen molar-refractivity contribution in [1.29, 1.82) is 0 Å². The molecule has 0 fully saturated rings. The van der Waals surface area contributed by atoms with E-state index in [1.54, 1.807) is 37.3 Å². The molecular weight excluding hydrogens is 510 g/mol. The van der Waals surface area contributed by atoms with Crippen LogP contribution in [0.15, 0.2) is 35.3 Å². The lowest BCUT2D eigenvalue weighted by molar-refractivity contribution is -0.143. The lowest BCUT2D eigenvalue weighted by atomic mass is 9.98. The van der Waals surface area contributed by atoms with Crippen molar-refractivity contribution < 1.29 is 34.2 Å². The van der Waals surface area contributed by atoms with Crippen LogP contribution in [-0.2, 0) is 30.4 Å². The lowest BCUT2D eigenvalue weighted by Gasteiger charge is -2.25. The summed E-state index contributed by atoms with van der Waals surface area (Å²) in [5.74, 6) is -5.52. The molecule has 5 unspecified atom stereocenters. The zero-order valence-corrected chi connectivity index (χ0v) is 22.1. The number of nitrogens with two attached hydrogens (primary N) is 3. The maximum atomic E-state index is 13.2. The Labute approximate surface area is 226 Å². The molecule has 0 radical (unpaired) electrons. The van der Waals surface area contributed by atoms with Gasteiger partial charge in [0.1, 0.15) is 18.1 Å². The van der Waals surface area contributed by atoms with E-state index in [9.17, 15) is 34.2 Å². The number of carboxylic acid groups (broad SMARTS) is 2. The molecule has 11 N–H and O–H groups in total. The van der Waals surface area contributed by atoms with Crippen LogP contribution in [0.4, 0.5) is 0 Å². The number of carboxylic acids is 2. The molecule has 0 bridgehead atoms. The number of nitrogens with zero attached hydrogens (tertiary/aromatic N) is 1. The molecule has 14 heteroatoms. The number of aliphatic carboxylic acids is 2. The van der Waals surface area contributed by atoms with Gasteiger partial charge in [-0.1, -0.05) is 50.6 Å². The fourth-order valence-electron chi connectivity index (χ4n) is 3.53. The van der Waals surface area contributed by atoms with E-state index in [0.717, 1.165) is 0 Å². The fourth-order valence-corrected chi connectivity index (χ4v) is 3.53. The summed E-state index contributed by atoms with van der Waals surface area (Å²) in [4.78, 5) is 65.7. The number of nitrogens with one attached hydrogen (secondary N) is 3. The number of rotatable bonds is 17. The highest BCUT2D eigenvalue weighted by molar-refractivity contribution is 5.95. The van der Waals surface area contributed by atoms with Gasteiger partial charge in [-0.05, 0) is 24.3 Å². The number of aliphatic imine (C=N–C) groups is 1. The largest absolute Gasteiger partial charge is 0.481 e. The minimum atomic E-state index is -1.62. The summed E-state index contributed by atoms with van der Waals surface area (Å²) in [5, 5.41) is 26.0. The van der Waals surface area contributed by atoms with E-state index >= 15 is 0 Å². The first-order chi connectivity index (χ1) is 18.3. The zero-order valence-electron chi connectivity index (χ0n) is 22.1. The van der Waals surface area contributed by atoms with Gasteiger partial charge in [0.05, 0.1) is 12.5 Å². The fraction of sp³-hybridized carbons (Fsp3) is 0.520. The van der Waals surface area contributed by atoms with Crippen LogP contribution in [0.25, 0.3) is 0 Å². The second-order valence-electron chi connectivity index (χ2n) is 9.17. The number of hydrogen-bond acceptors (Lipinski definition) is 7. The number of carbonyl (C=O) groups is 5. The van der Waals surface area contributed by atoms with Gasteiger partial charge in [-0.25, -0.2) is 4.79 Å². The first kappa shape index (κ1) is 32.8. The maximum Gasteiger partial charge on any atom is 0.326 e. The van der Waals surface area contributed by atoms with E-state index in [-0.39, 0.29) is 37.7 Å². The van der Waals surface area contributed by atoms with Crippen molar-refractivity contribution in [3.63, 3.8) is 0 Å². The second-order valence-corrected chi connectivity index (χ2v) is 9.17. The van der Waals surface area contributed by atoms with Crippen LogP contribution in [0.1, 0.15) is 45.1 Å². The Morgan fingerprint density at radius 1 is 0.897 bits per heavy atom. The summed E-state index contributed by atoms with van der Waals surface area (Å²) in [6.45, 7) is 3.78. The van der Waals surface area contributed by atoms with Crippen LogP contribution >= 0.6 is 0 Å². The SMILES string of the molecule is CCC(C)C(N)C(=O)NC(Cc1ccccc1)C(=O)NC(CC(=O)O)C(=O)NC(CCCN=C(N)N)C(=O)O. The molecule has 1 aromatic rings. The van der Waals surface area contributed by atoms with Gasteiger partial charge in [0.15, 0.2) is 5.96 Å². The van der Waals surface area contributed by atoms with Gasteiger partial charge < -0.3 is 43.4 Å². The van der Waals surface area contributed by atoms with Crippen molar-refractivity contribution in [2.75, 3.05) is 6.54 Å². The molecule has 1 aromatic carbocycles. The summed E-state index contributed by atoms with van der Waals surface area (Å²) in [5.41, 5.74) is 17.2. The molecule has 0 aliphatic heterocycles. The Hall–Kier alpha value is -4.20. The Kier molecular flexibility index (Phi) is 14.0. The Morgan fingerprint density at radius 2 is 1.46 bits per heavy atom. The minimum absolute atomic E-state index is 0.0373. The number of carbonyl (C=O) groups excluding carboxylic acids is 3. The third-order valence-electron chi connectivity index (χ3n) is 6.05. The molecule has 0 saturated carbocycles. The molecule has 3 amide bonds. The third kappa shape index (κ3) is 12.3. The van der Waals surface area contributed by atoms with Crippen molar-refractivity contribution in [3.8, 4) is 0 Å². The molecule has 1 rings (SSSR count). The highest BCUT2D eigenvalue weighted by Gasteiger charge is 2.32. The molecule has 5 atom stereocenters. The Balaban J connectivity index is 3.08. The zero-order chi connectivity index (χ0) is 29.5. The average Bonchev–Trinajstić information content (AvgIpc) is 2.88. The van der Waals surface area contributed by atoms with E-state index in [4.69, 9.17) is 17.2 Å². The third-order valence-corrected chi connectivity index (χ3v) is 6.05. The summed E-state index contributed by atoms with van der Waals surface area (Å²) in [6.07, 6.45) is 0.00604. The lowest BCUT2D eigenvalue weighted by Crippen LogP contribution is -2.58. The van der Waals surface area contributed by atoms with Crippen LogP contribution in [0.2, 0.25) is 0 Å². The van der Waals surface area contributed by atoms with Crippen LogP contribution in [0, 0.1) is 5.92 Å². The van der Waals surface area contributed by atoms with Gasteiger partial charge in [-0.2, -0.15) is 0 Å². The number of amides is 3. The van der Waals surface area contributed by atoms with E-state index in [1.807, 2.05) is 6.92 Å². The van der Waals surface area contributed by atoms with E-state index in [0.29, 0.717) is 12.0 Å². The minimum Gasteiger partial charge on any atom is -0.481 e. The van der Waals surface area contributed by atoms with Crippen molar-refractivity contribution in [2.45, 2.75) is 70.1 Å². The van der Waals surface area contributed by atoms with E-state index < -0.39 is 60.2 Å². The first-order valence-electron chi connectivity index (χ1n) is 12.6. The summed E-state index contributed by atoms with van der Waals surface area (Å²) >= 11 is 0. The molecule has 0 spiro atoms. The van der Waals surface area contributed by atoms with Crippen molar-refractivity contribution >= 4 is 35.6 Å². The van der Waals surface area contributed by atoms with Gasteiger partial charge in [-0.3, -0.25) is 24.2 Å². The normalized spacial score (nSPS) is 14.5. The van der Waals surface area contributed by atoms with E-state index in [1.165, 1.54) is 0 Å². The van der Waals surface area contributed by atoms with Gasteiger partial charge in [0.2, 0.25) is 17.7 Å². The van der Waals surface area contributed by atoms with Gasteiger partial charge in [0, 0.05) is 13.0 Å². The second kappa shape index (κ2) is 16.6. The average molecular weight is 550 g/mol. The summed E-state index contributed by atoms with van der Waals surface area (Å²) in [6, 6.07) is 3.67. The number of guanidine groups is 1. The monoisotopic (exact) mass is 549 g/mol. The first-order valence-corrected chi connectivity index (χ1v) is 12.6. The molecular formula is C25H39N7O7. The number of benzene rings is 1. The predicted octanol–water partition coefficient (Wildman–Crippen LogP) is -1.33. The topological polar surface area (TPSA) is 252 Å². The van der Waals surface area contributed by atoms with Crippen molar-refractivity contribution in [3.05, 3.63) is 35.9 Å². The maximum absolute atomic E-state index is 13.2. The summed E-state index contributed by atoms with van der Waals surface area (Å²) in [7, 11) is 0. The predicted molar refractivity (Wildman–Crippen MR) is 143 cm³/mol. The number of hydrogen-bond donors (Lipinski definition) is 8. The standard InChI is InChI=1S/C25H39N7O7/c1-3-14(2)20(26)23(37)32-17(12-15-8-5-4-6-9-15)21(35)31-18(13-19(33)34)22(36)30-16(24(38)39)10-7-11-29-25(27)28/h4-6,8-9,14,16-18,20H,3,7,10-13,26H2,1-2H3,(H,30,36)(H,31,35)(H,32,37)(H,33,34)(H,38,39)(H4,27,28,29). The van der Waals surface area contributed by atoms with Gasteiger partial charge in [-0.15, -0.1) is 0 Å². The highest BCUT2D eigenvalue weighted by atomic mass is 16.4. The molecule has 0 aliphatic carbocycles. The van der Waals surface area contributed by atoms with Crippen LogP contribution < -0.4 is 33.2 Å². The smallest absolute Gasteiger partial charge is 0.326 e. The molecule has 0 saturated heterocycles. The summed E-state index contributed by atoms with van der Waals surface area (Å²) < 4.78 is 0. The molecule has 0 aromatic heterocycles. The highest BCUT2D eigenvalue weighted by Crippen LogP contribution is 2.09. The Bertz CT molecular complexity index is 1020. The van der Waals surface area contributed by atoms with Crippen LogP contribution in [-0.4, -0.2) is 76.5 Å². The Morgan fingerprint density at radius 3 is 2.00 bits per heavy atom. The van der Waals surface area contributed by atoms with Gasteiger partial charge in [0.25, 0.3) is 0 Å². The molecule has 0 aliphatic rings. The van der Waals surface area contributed by atoms with Crippen molar-refractivity contribution in [1.82, 2.24) is 16.0 Å². The molecule has 216 valence electrons. The quantitative estimate of drug-likeness (QED) is 0.0645. The molecule has 39 heavy (non-hydrogen) atoms. The van der Waals surface area contributed by atoms with Gasteiger partial charge >= 0.3 is 11.9 Å². The molecule has 14 nitrogen and oxygen atoms in total.